The molecule has 74 valence electrons. The average molecular weight is 184 g/mol. The summed E-state index contributed by atoms with van der Waals surface area (Å²) in [5, 5.41) is 0. The fourth-order valence-electron chi connectivity index (χ4n) is 1.27. The molecule has 0 aliphatic carbocycles. The van der Waals surface area contributed by atoms with Crippen LogP contribution in [0.2, 0.25) is 0 Å². The van der Waals surface area contributed by atoms with Crippen LogP contribution in [-0.2, 0) is 4.84 Å². The average Bonchev–Trinajstić information content (AvgIpc) is 1.99. The van der Waals surface area contributed by atoms with Gasteiger partial charge in [0.2, 0.25) is 0 Å². The number of hydrogen-bond acceptors (Lipinski definition) is 5. The van der Waals surface area contributed by atoms with E-state index in [0.29, 0.717) is 25.3 Å². The van der Waals surface area contributed by atoms with Gasteiger partial charge in [0, 0.05) is 12.1 Å². The van der Waals surface area contributed by atoms with Gasteiger partial charge in [-0.15, -0.1) is 0 Å². The summed E-state index contributed by atoms with van der Waals surface area (Å²) in [5.74, 6) is 5.41. The minimum absolute atomic E-state index is 0.483. The van der Waals surface area contributed by atoms with Crippen molar-refractivity contribution in [2.75, 3.05) is 13.1 Å². The molecule has 13 heavy (non-hydrogen) atoms. The number of likely N-dealkylation sites (tertiary alicyclic amines) is 1. The molecule has 0 amide bonds. The van der Waals surface area contributed by atoms with Gasteiger partial charge in [0.15, 0.2) is 0 Å². The lowest BCUT2D eigenvalue weighted by Gasteiger charge is -2.47. The molecular formula is C8H16N4O. The highest BCUT2D eigenvalue weighted by molar-refractivity contribution is 5.11. The Labute approximate surface area is 77.8 Å². The molecule has 1 saturated heterocycles. The first-order valence-electron chi connectivity index (χ1n) is 3.99. The van der Waals surface area contributed by atoms with E-state index in [4.69, 9.17) is 17.4 Å². The SMILES string of the molecule is C=C(CC(=C)N1CC(N)(N)C1)ON. The predicted molar refractivity (Wildman–Crippen MR) is 50.8 cm³/mol. The number of nitrogens with zero attached hydrogens (tertiary/aromatic N) is 1. The van der Waals surface area contributed by atoms with Crippen LogP contribution in [0.1, 0.15) is 6.42 Å². The van der Waals surface area contributed by atoms with E-state index in [0.717, 1.165) is 5.70 Å². The standard InChI is InChI=1S/C8H16N4O/c1-6(3-7(2)13-11)12-4-8(9,10)5-12/h1-5,9-11H2. The summed E-state index contributed by atoms with van der Waals surface area (Å²) < 4.78 is 0. The molecule has 1 fully saturated rings. The molecule has 0 aromatic heterocycles. The number of hydrogen-bond donors (Lipinski definition) is 3. The van der Waals surface area contributed by atoms with Crippen molar-refractivity contribution in [1.82, 2.24) is 4.90 Å². The van der Waals surface area contributed by atoms with Crippen molar-refractivity contribution in [3.63, 3.8) is 0 Å². The van der Waals surface area contributed by atoms with Crippen LogP contribution in [-0.4, -0.2) is 23.7 Å². The van der Waals surface area contributed by atoms with Crippen LogP contribution in [0.5, 0.6) is 0 Å². The van der Waals surface area contributed by atoms with Crippen LogP contribution >= 0.6 is 0 Å². The topological polar surface area (TPSA) is 90.5 Å². The van der Waals surface area contributed by atoms with E-state index in [-0.39, 0.29) is 0 Å². The van der Waals surface area contributed by atoms with E-state index in [9.17, 15) is 0 Å². The van der Waals surface area contributed by atoms with Crippen LogP contribution in [0.25, 0.3) is 0 Å². The summed E-state index contributed by atoms with van der Waals surface area (Å²) in [7, 11) is 0. The Kier molecular flexibility index (Phi) is 2.60. The van der Waals surface area contributed by atoms with Crippen molar-refractivity contribution < 1.29 is 4.84 Å². The lowest BCUT2D eigenvalue weighted by Crippen LogP contribution is -2.72. The maximum Gasteiger partial charge on any atom is 0.122 e. The molecule has 0 bridgehead atoms. The van der Waals surface area contributed by atoms with Gasteiger partial charge in [-0.3, -0.25) is 0 Å². The van der Waals surface area contributed by atoms with Crippen molar-refractivity contribution in [1.29, 1.82) is 0 Å². The molecule has 0 saturated carbocycles. The van der Waals surface area contributed by atoms with Gasteiger partial charge in [-0.25, -0.2) is 0 Å². The lowest BCUT2D eigenvalue weighted by molar-refractivity contribution is 0.105. The second-order valence-corrected chi connectivity index (χ2v) is 3.49. The fraction of sp³-hybridized carbons (Fsp3) is 0.500. The Morgan fingerprint density at radius 1 is 1.38 bits per heavy atom. The normalized spacial score (nSPS) is 19.2. The van der Waals surface area contributed by atoms with Crippen LogP contribution in [0, 0.1) is 0 Å². The molecule has 6 N–H and O–H groups in total. The van der Waals surface area contributed by atoms with E-state index in [1.165, 1.54) is 0 Å². The zero-order chi connectivity index (χ0) is 10.1. The maximum absolute atomic E-state index is 5.63. The molecule has 0 aromatic rings. The van der Waals surface area contributed by atoms with Crippen LogP contribution < -0.4 is 17.4 Å². The quantitative estimate of drug-likeness (QED) is 0.303. The molecule has 0 spiro atoms. The molecule has 0 atom stereocenters. The third-order valence-corrected chi connectivity index (χ3v) is 1.99. The third kappa shape index (κ3) is 2.45. The molecule has 1 rings (SSSR count). The molecule has 5 heteroatoms. The van der Waals surface area contributed by atoms with E-state index < -0.39 is 5.66 Å². The van der Waals surface area contributed by atoms with Gasteiger partial charge in [-0.05, 0) is 0 Å². The van der Waals surface area contributed by atoms with E-state index in [2.05, 4.69) is 18.0 Å². The second-order valence-electron chi connectivity index (χ2n) is 3.49. The Morgan fingerprint density at radius 3 is 2.31 bits per heavy atom. The van der Waals surface area contributed by atoms with E-state index in [1.807, 2.05) is 4.90 Å². The molecule has 5 nitrogen and oxygen atoms in total. The minimum Gasteiger partial charge on any atom is -0.416 e. The Morgan fingerprint density at radius 2 is 1.92 bits per heavy atom. The van der Waals surface area contributed by atoms with Gasteiger partial charge in [-0.1, -0.05) is 13.2 Å². The highest BCUT2D eigenvalue weighted by Crippen LogP contribution is 2.21. The molecule has 0 unspecified atom stereocenters. The summed E-state index contributed by atoms with van der Waals surface area (Å²) >= 11 is 0. The molecular weight excluding hydrogens is 168 g/mol. The zero-order valence-electron chi connectivity index (χ0n) is 7.62. The first-order chi connectivity index (χ1) is 5.94. The summed E-state index contributed by atoms with van der Waals surface area (Å²) in [5.41, 5.74) is 11.6. The summed E-state index contributed by atoms with van der Waals surface area (Å²) in [6, 6.07) is 0. The number of nitrogens with two attached hydrogens (primary N) is 3. The Balaban J connectivity index is 2.31. The van der Waals surface area contributed by atoms with Gasteiger partial charge in [-0.2, -0.15) is 5.90 Å². The zero-order valence-corrected chi connectivity index (χ0v) is 7.62. The van der Waals surface area contributed by atoms with Gasteiger partial charge in [0.1, 0.15) is 5.76 Å². The summed E-state index contributed by atoms with van der Waals surface area (Å²) in [6.45, 7) is 8.67. The van der Waals surface area contributed by atoms with Crippen molar-refractivity contribution in [3.8, 4) is 0 Å². The van der Waals surface area contributed by atoms with E-state index >= 15 is 0 Å². The van der Waals surface area contributed by atoms with Crippen molar-refractivity contribution >= 4 is 0 Å². The largest absolute Gasteiger partial charge is 0.416 e. The van der Waals surface area contributed by atoms with E-state index in [1.54, 1.807) is 0 Å². The highest BCUT2D eigenvalue weighted by atomic mass is 16.6. The molecule has 1 aliphatic rings. The van der Waals surface area contributed by atoms with Gasteiger partial charge in [0.25, 0.3) is 0 Å². The van der Waals surface area contributed by atoms with Crippen LogP contribution in [0.15, 0.2) is 24.6 Å². The monoisotopic (exact) mass is 184 g/mol. The van der Waals surface area contributed by atoms with Crippen LogP contribution in [0.4, 0.5) is 0 Å². The lowest BCUT2D eigenvalue weighted by atomic mass is 10.0. The van der Waals surface area contributed by atoms with Crippen LogP contribution in [0.3, 0.4) is 0 Å². The molecule has 1 aliphatic heterocycles. The summed E-state index contributed by atoms with van der Waals surface area (Å²) in [6.07, 6.45) is 0.520. The van der Waals surface area contributed by atoms with Crippen molar-refractivity contribution in [2.24, 2.45) is 17.4 Å². The Hall–Kier alpha value is -1.04. The smallest absolute Gasteiger partial charge is 0.122 e. The highest BCUT2D eigenvalue weighted by Gasteiger charge is 2.36. The number of rotatable bonds is 4. The first kappa shape index (κ1) is 10.0. The Bertz CT molecular complexity index is 228. The van der Waals surface area contributed by atoms with Crippen molar-refractivity contribution in [2.45, 2.75) is 12.1 Å². The minimum atomic E-state index is -0.576. The van der Waals surface area contributed by atoms with Gasteiger partial charge >= 0.3 is 0 Å². The van der Waals surface area contributed by atoms with Gasteiger partial charge < -0.3 is 21.2 Å². The summed E-state index contributed by atoms with van der Waals surface area (Å²) in [4.78, 5) is 6.42. The second kappa shape index (κ2) is 3.37. The van der Waals surface area contributed by atoms with Crippen molar-refractivity contribution in [3.05, 3.63) is 24.6 Å². The first-order valence-corrected chi connectivity index (χ1v) is 3.99. The maximum atomic E-state index is 5.63. The molecule has 0 radical (unpaired) electrons. The van der Waals surface area contributed by atoms with Gasteiger partial charge in [0.05, 0.1) is 18.8 Å². The molecule has 0 aromatic carbocycles. The fourth-order valence-corrected chi connectivity index (χ4v) is 1.27. The predicted octanol–water partition coefficient (Wildman–Crippen LogP) is -0.776. The third-order valence-electron chi connectivity index (χ3n) is 1.99. The molecule has 1 heterocycles.